The van der Waals surface area contributed by atoms with Gasteiger partial charge in [0.1, 0.15) is 6.26 Å². The van der Waals surface area contributed by atoms with E-state index >= 15 is 0 Å². The molecule has 4 nitrogen and oxygen atoms in total. The van der Waals surface area contributed by atoms with Crippen molar-refractivity contribution in [1.82, 2.24) is 4.90 Å². The Kier molecular flexibility index (Phi) is 4.96. The molecule has 0 unspecified atom stereocenters. The molecular weight excluding hydrogens is 254 g/mol. The first-order chi connectivity index (χ1) is 9.72. The zero-order valence-corrected chi connectivity index (χ0v) is 11.8. The summed E-state index contributed by atoms with van der Waals surface area (Å²) in [4.78, 5) is 14.0. The molecule has 2 rings (SSSR count). The van der Waals surface area contributed by atoms with Crippen molar-refractivity contribution in [3.8, 4) is 0 Å². The number of nitrogens with zero attached hydrogens (tertiary/aromatic N) is 1. The summed E-state index contributed by atoms with van der Waals surface area (Å²) in [6.07, 6.45) is 3.73. The molecule has 0 spiro atoms. The molecule has 0 aliphatic rings. The van der Waals surface area contributed by atoms with Crippen LogP contribution in [0.1, 0.15) is 15.9 Å². The average Bonchev–Trinajstić information content (AvgIpc) is 3.00. The Hall–Kier alpha value is -2.07. The van der Waals surface area contributed by atoms with Crippen molar-refractivity contribution in [3.63, 3.8) is 0 Å². The molecular formula is C16H19NO3. The predicted molar refractivity (Wildman–Crippen MR) is 76.6 cm³/mol. The molecule has 0 aliphatic carbocycles. The van der Waals surface area contributed by atoms with Crippen LogP contribution in [0.4, 0.5) is 0 Å². The highest BCUT2D eigenvalue weighted by atomic mass is 16.5. The molecule has 4 heteroatoms. The Balaban J connectivity index is 2.09. The molecule has 1 aromatic heterocycles. The summed E-state index contributed by atoms with van der Waals surface area (Å²) in [7, 11) is 3.44. The number of methoxy groups -OCH3 is 1. The number of carbonyl (C=O) groups is 1. The first kappa shape index (κ1) is 14.3. The van der Waals surface area contributed by atoms with Gasteiger partial charge in [0, 0.05) is 14.2 Å². The van der Waals surface area contributed by atoms with Crippen LogP contribution in [0, 0.1) is 0 Å². The molecule has 0 N–H and O–H groups in total. The second-order valence-corrected chi connectivity index (χ2v) is 4.73. The monoisotopic (exact) mass is 273 g/mol. The third-order valence-electron chi connectivity index (χ3n) is 3.31. The molecule has 0 saturated carbocycles. The number of likely N-dealkylation sites (N-methyl/N-ethyl adjacent to an activating group) is 1. The van der Waals surface area contributed by atoms with Gasteiger partial charge in [-0.2, -0.15) is 0 Å². The summed E-state index contributed by atoms with van der Waals surface area (Å²) in [5, 5.41) is 0. The van der Waals surface area contributed by atoms with E-state index in [1.54, 1.807) is 25.1 Å². The molecule has 0 aliphatic heterocycles. The second-order valence-electron chi connectivity index (χ2n) is 4.73. The number of hydrogen-bond acceptors (Lipinski definition) is 3. The number of hydrogen-bond donors (Lipinski definition) is 0. The van der Waals surface area contributed by atoms with Crippen molar-refractivity contribution in [1.29, 1.82) is 0 Å². The van der Waals surface area contributed by atoms with Gasteiger partial charge in [-0.1, -0.05) is 30.3 Å². The smallest absolute Gasteiger partial charge is 0.257 e. The van der Waals surface area contributed by atoms with E-state index in [1.807, 2.05) is 18.2 Å². The molecule has 1 atom stereocenters. The van der Waals surface area contributed by atoms with E-state index in [4.69, 9.17) is 9.15 Å². The lowest BCUT2D eigenvalue weighted by Crippen LogP contribution is -2.41. The van der Waals surface area contributed by atoms with Crippen LogP contribution >= 0.6 is 0 Å². The molecule has 0 bridgehead atoms. The first-order valence-electron chi connectivity index (χ1n) is 6.54. The first-order valence-corrected chi connectivity index (χ1v) is 6.54. The number of benzene rings is 1. The largest absolute Gasteiger partial charge is 0.472 e. The number of amides is 1. The highest BCUT2D eigenvalue weighted by Crippen LogP contribution is 2.12. The van der Waals surface area contributed by atoms with Crippen LogP contribution < -0.4 is 0 Å². The predicted octanol–water partition coefficient (Wildman–Crippen LogP) is 2.61. The van der Waals surface area contributed by atoms with E-state index in [0.717, 1.165) is 6.42 Å². The van der Waals surface area contributed by atoms with Gasteiger partial charge in [0.2, 0.25) is 0 Å². The van der Waals surface area contributed by atoms with Crippen LogP contribution in [0.15, 0.2) is 53.3 Å². The normalized spacial score (nSPS) is 12.1. The molecule has 1 amide bonds. The van der Waals surface area contributed by atoms with E-state index in [0.29, 0.717) is 12.2 Å². The third kappa shape index (κ3) is 3.48. The molecule has 106 valence electrons. The standard InChI is InChI=1S/C16H19NO3/c1-17(16(18)14-8-9-20-11-14)15(12-19-2)10-13-6-4-3-5-7-13/h3-9,11,15H,10,12H2,1-2H3/t15-/m0/s1. The van der Waals surface area contributed by atoms with E-state index < -0.39 is 0 Å². The van der Waals surface area contributed by atoms with Crippen LogP contribution in [-0.4, -0.2) is 37.6 Å². The van der Waals surface area contributed by atoms with Crippen molar-refractivity contribution in [2.75, 3.05) is 20.8 Å². The quantitative estimate of drug-likeness (QED) is 0.812. The highest BCUT2D eigenvalue weighted by Gasteiger charge is 2.22. The number of ether oxygens (including phenoxy) is 1. The Morgan fingerprint density at radius 1 is 1.30 bits per heavy atom. The zero-order valence-electron chi connectivity index (χ0n) is 11.8. The maximum Gasteiger partial charge on any atom is 0.257 e. The highest BCUT2D eigenvalue weighted by molar-refractivity contribution is 5.93. The average molecular weight is 273 g/mol. The lowest BCUT2D eigenvalue weighted by molar-refractivity contribution is 0.0604. The van der Waals surface area contributed by atoms with Gasteiger partial charge in [-0.05, 0) is 18.1 Å². The van der Waals surface area contributed by atoms with Gasteiger partial charge in [0.25, 0.3) is 5.91 Å². The minimum Gasteiger partial charge on any atom is -0.472 e. The summed E-state index contributed by atoms with van der Waals surface area (Å²) >= 11 is 0. The van der Waals surface area contributed by atoms with E-state index in [-0.39, 0.29) is 11.9 Å². The van der Waals surface area contributed by atoms with Crippen molar-refractivity contribution >= 4 is 5.91 Å². The van der Waals surface area contributed by atoms with Crippen LogP contribution in [0.5, 0.6) is 0 Å². The molecule has 0 radical (unpaired) electrons. The SMILES string of the molecule is COC[C@H](Cc1ccccc1)N(C)C(=O)c1ccoc1. The minimum absolute atomic E-state index is 0.00944. The summed E-state index contributed by atoms with van der Waals surface area (Å²) in [5.41, 5.74) is 1.74. The summed E-state index contributed by atoms with van der Waals surface area (Å²) in [6.45, 7) is 0.495. The van der Waals surface area contributed by atoms with Crippen molar-refractivity contribution in [2.45, 2.75) is 12.5 Å². The van der Waals surface area contributed by atoms with Gasteiger partial charge in [-0.15, -0.1) is 0 Å². The van der Waals surface area contributed by atoms with Gasteiger partial charge in [-0.3, -0.25) is 4.79 Å². The van der Waals surface area contributed by atoms with Gasteiger partial charge >= 0.3 is 0 Å². The van der Waals surface area contributed by atoms with Crippen LogP contribution in [0.25, 0.3) is 0 Å². The van der Waals surface area contributed by atoms with Crippen molar-refractivity contribution in [3.05, 3.63) is 60.1 Å². The van der Waals surface area contributed by atoms with E-state index in [1.165, 1.54) is 18.1 Å². The van der Waals surface area contributed by atoms with Gasteiger partial charge in [0.15, 0.2) is 0 Å². The minimum atomic E-state index is -0.0586. The van der Waals surface area contributed by atoms with Crippen LogP contribution in [0.3, 0.4) is 0 Å². The lowest BCUT2D eigenvalue weighted by atomic mass is 10.0. The fourth-order valence-corrected chi connectivity index (χ4v) is 2.14. The van der Waals surface area contributed by atoms with Crippen molar-refractivity contribution < 1.29 is 13.9 Å². The molecule has 1 aromatic carbocycles. The Bertz CT molecular complexity index is 522. The molecule has 2 aromatic rings. The van der Waals surface area contributed by atoms with Crippen molar-refractivity contribution in [2.24, 2.45) is 0 Å². The lowest BCUT2D eigenvalue weighted by Gasteiger charge is -2.27. The third-order valence-corrected chi connectivity index (χ3v) is 3.31. The maximum atomic E-state index is 12.3. The number of carbonyl (C=O) groups excluding carboxylic acids is 1. The van der Waals surface area contributed by atoms with Crippen LogP contribution in [-0.2, 0) is 11.2 Å². The van der Waals surface area contributed by atoms with E-state index in [2.05, 4.69) is 12.1 Å². The summed E-state index contributed by atoms with van der Waals surface area (Å²) in [5.74, 6) is -0.0586. The van der Waals surface area contributed by atoms with Gasteiger partial charge < -0.3 is 14.1 Å². The summed E-state index contributed by atoms with van der Waals surface area (Å²) in [6, 6.07) is 11.7. The second kappa shape index (κ2) is 6.91. The van der Waals surface area contributed by atoms with E-state index in [9.17, 15) is 4.79 Å². The molecule has 0 saturated heterocycles. The topological polar surface area (TPSA) is 42.7 Å². The number of furan rings is 1. The molecule has 0 fully saturated rings. The van der Waals surface area contributed by atoms with Gasteiger partial charge in [-0.25, -0.2) is 0 Å². The van der Waals surface area contributed by atoms with Crippen LogP contribution in [0.2, 0.25) is 0 Å². The zero-order chi connectivity index (χ0) is 14.4. The Morgan fingerprint density at radius 3 is 2.65 bits per heavy atom. The molecule has 1 heterocycles. The Morgan fingerprint density at radius 2 is 2.05 bits per heavy atom. The molecule has 20 heavy (non-hydrogen) atoms. The Labute approximate surface area is 119 Å². The summed E-state index contributed by atoms with van der Waals surface area (Å²) < 4.78 is 10.2. The van der Waals surface area contributed by atoms with Gasteiger partial charge in [0.05, 0.1) is 24.5 Å². The fourth-order valence-electron chi connectivity index (χ4n) is 2.14. The fraction of sp³-hybridized carbons (Fsp3) is 0.312. The number of rotatable bonds is 6. The maximum absolute atomic E-state index is 12.3.